The SMILES string of the molecule is CN1C(=O)CC(NC(=O)C2=NNC(=O)CC2)C1=O. The van der Waals surface area contributed by atoms with Crippen LogP contribution in [-0.2, 0) is 19.2 Å². The number of imide groups is 1. The lowest BCUT2D eigenvalue weighted by Gasteiger charge is -2.14. The summed E-state index contributed by atoms with van der Waals surface area (Å²) in [5.41, 5.74) is 2.35. The molecule has 0 aromatic carbocycles. The molecule has 2 aliphatic heterocycles. The van der Waals surface area contributed by atoms with Crippen LogP contribution in [0.3, 0.4) is 0 Å². The number of hydrogen-bond donors (Lipinski definition) is 2. The molecule has 0 aliphatic carbocycles. The molecule has 1 saturated heterocycles. The van der Waals surface area contributed by atoms with E-state index in [9.17, 15) is 19.2 Å². The van der Waals surface area contributed by atoms with Crippen molar-refractivity contribution in [3.63, 3.8) is 0 Å². The van der Waals surface area contributed by atoms with Gasteiger partial charge in [0.05, 0.1) is 6.42 Å². The van der Waals surface area contributed by atoms with Gasteiger partial charge >= 0.3 is 0 Å². The van der Waals surface area contributed by atoms with Crippen LogP contribution in [0.5, 0.6) is 0 Å². The number of likely N-dealkylation sites (N-methyl/N-ethyl adjacent to an activating group) is 1. The summed E-state index contributed by atoms with van der Waals surface area (Å²) in [5, 5.41) is 6.05. The third kappa shape index (κ3) is 2.22. The maximum absolute atomic E-state index is 11.7. The van der Waals surface area contributed by atoms with Gasteiger partial charge < -0.3 is 5.32 Å². The van der Waals surface area contributed by atoms with Gasteiger partial charge in [0.2, 0.25) is 11.8 Å². The molecule has 1 unspecified atom stereocenters. The molecule has 1 fully saturated rings. The molecule has 8 nitrogen and oxygen atoms in total. The summed E-state index contributed by atoms with van der Waals surface area (Å²) in [6.45, 7) is 0. The Labute approximate surface area is 102 Å². The molecule has 2 heterocycles. The van der Waals surface area contributed by atoms with Gasteiger partial charge in [-0.3, -0.25) is 24.1 Å². The predicted molar refractivity (Wildman–Crippen MR) is 59.1 cm³/mol. The largest absolute Gasteiger partial charge is 0.339 e. The Hall–Kier alpha value is -2.25. The summed E-state index contributed by atoms with van der Waals surface area (Å²) >= 11 is 0. The molecule has 2 aliphatic rings. The fourth-order valence-electron chi connectivity index (χ4n) is 1.75. The normalized spacial score (nSPS) is 23.8. The maximum atomic E-state index is 11.7. The number of carbonyl (C=O) groups is 4. The van der Waals surface area contributed by atoms with Crippen molar-refractivity contribution >= 4 is 29.3 Å². The third-order valence-electron chi connectivity index (χ3n) is 2.85. The number of rotatable bonds is 2. The Morgan fingerprint density at radius 1 is 1.39 bits per heavy atom. The fourth-order valence-corrected chi connectivity index (χ4v) is 1.75. The van der Waals surface area contributed by atoms with Crippen molar-refractivity contribution in [1.29, 1.82) is 0 Å². The molecule has 18 heavy (non-hydrogen) atoms. The van der Waals surface area contributed by atoms with E-state index in [1.165, 1.54) is 7.05 Å². The van der Waals surface area contributed by atoms with Gasteiger partial charge in [0.1, 0.15) is 11.8 Å². The van der Waals surface area contributed by atoms with Crippen LogP contribution in [0, 0.1) is 0 Å². The number of nitrogens with one attached hydrogen (secondary N) is 2. The molecule has 0 bridgehead atoms. The molecule has 2 N–H and O–H groups in total. The van der Waals surface area contributed by atoms with Crippen LogP contribution in [0.25, 0.3) is 0 Å². The quantitative estimate of drug-likeness (QED) is 0.561. The second kappa shape index (κ2) is 4.55. The maximum Gasteiger partial charge on any atom is 0.268 e. The lowest BCUT2D eigenvalue weighted by Crippen LogP contribution is -2.45. The number of hydrazone groups is 1. The lowest BCUT2D eigenvalue weighted by molar-refractivity contribution is -0.137. The Balaban J connectivity index is 1.98. The monoisotopic (exact) mass is 252 g/mol. The van der Waals surface area contributed by atoms with Gasteiger partial charge in [-0.2, -0.15) is 5.10 Å². The van der Waals surface area contributed by atoms with E-state index in [4.69, 9.17) is 0 Å². The standard InChI is InChI=1S/C10H12N4O4/c1-14-8(16)4-6(10(14)18)11-9(17)5-2-3-7(15)13-12-5/h6H,2-4H2,1H3,(H,11,17)(H,13,15). The van der Waals surface area contributed by atoms with Crippen LogP contribution >= 0.6 is 0 Å². The Kier molecular flexibility index (Phi) is 3.09. The zero-order valence-electron chi connectivity index (χ0n) is 9.73. The first-order valence-electron chi connectivity index (χ1n) is 5.45. The van der Waals surface area contributed by atoms with E-state index >= 15 is 0 Å². The van der Waals surface area contributed by atoms with Crippen molar-refractivity contribution in [1.82, 2.24) is 15.6 Å². The molecule has 0 aromatic heterocycles. The van der Waals surface area contributed by atoms with Crippen LogP contribution in [-0.4, -0.2) is 47.3 Å². The fraction of sp³-hybridized carbons (Fsp3) is 0.500. The summed E-state index contributed by atoms with van der Waals surface area (Å²) < 4.78 is 0. The van der Waals surface area contributed by atoms with Gasteiger partial charge in [0, 0.05) is 19.9 Å². The van der Waals surface area contributed by atoms with E-state index in [0.29, 0.717) is 0 Å². The first-order valence-corrected chi connectivity index (χ1v) is 5.45. The summed E-state index contributed by atoms with van der Waals surface area (Å²) in [6.07, 6.45) is 0.368. The predicted octanol–water partition coefficient (Wildman–Crippen LogP) is -1.87. The molecule has 8 heteroatoms. The van der Waals surface area contributed by atoms with Crippen LogP contribution in [0.2, 0.25) is 0 Å². The van der Waals surface area contributed by atoms with Crippen molar-refractivity contribution in [2.45, 2.75) is 25.3 Å². The average molecular weight is 252 g/mol. The molecule has 0 aromatic rings. The second-order valence-electron chi connectivity index (χ2n) is 4.11. The Morgan fingerprint density at radius 2 is 2.11 bits per heavy atom. The van der Waals surface area contributed by atoms with E-state index in [1.54, 1.807) is 0 Å². The lowest BCUT2D eigenvalue weighted by atomic mass is 10.1. The van der Waals surface area contributed by atoms with Crippen molar-refractivity contribution in [3.8, 4) is 0 Å². The van der Waals surface area contributed by atoms with E-state index in [2.05, 4.69) is 15.8 Å². The number of carbonyl (C=O) groups excluding carboxylic acids is 4. The Morgan fingerprint density at radius 3 is 2.61 bits per heavy atom. The molecule has 2 rings (SSSR count). The topological polar surface area (TPSA) is 108 Å². The molecular weight excluding hydrogens is 240 g/mol. The highest BCUT2D eigenvalue weighted by Crippen LogP contribution is 2.11. The summed E-state index contributed by atoms with van der Waals surface area (Å²) in [6, 6.07) is -0.838. The van der Waals surface area contributed by atoms with Crippen LogP contribution in [0.4, 0.5) is 0 Å². The van der Waals surface area contributed by atoms with Crippen molar-refractivity contribution in [2.24, 2.45) is 5.10 Å². The van der Waals surface area contributed by atoms with Crippen LogP contribution in [0.15, 0.2) is 5.10 Å². The van der Waals surface area contributed by atoms with E-state index in [1.807, 2.05) is 0 Å². The summed E-state index contributed by atoms with van der Waals surface area (Å²) in [4.78, 5) is 46.4. The van der Waals surface area contributed by atoms with E-state index < -0.39 is 17.9 Å². The van der Waals surface area contributed by atoms with Gasteiger partial charge in [-0.1, -0.05) is 0 Å². The first kappa shape index (κ1) is 12.2. The van der Waals surface area contributed by atoms with E-state index in [0.717, 1.165) is 4.90 Å². The molecule has 0 radical (unpaired) electrons. The molecule has 4 amide bonds. The minimum Gasteiger partial charge on any atom is -0.339 e. The Bertz CT molecular complexity index is 470. The van der Waals surface area contributed by atoms with Crippen LogP contribution in [0.1, 0.15) is 19.3 Å². The summed E-state index contributed by atoms with van der Waals surface area (Å²) in [5.74, 6) is -1.55. The van der Waals surface area contributed by atoms with Gasteiger partial charge in [0.25, 0.3) is 11.8 Å². The van der Waals surface area contributed by atoms with Crippen molar-refractivity contribution in [2.75, 3.05) is 7.05 Å². The molecule has 0 saturated carbocycles. The van der Waals surface area contributed by atoms with E-state index in [-0.39, 0.29) is 36.8 Å². The molecular formula is C10H12N4O4. The zero-order valence-corrected chi connectivity index (χ0v) is 9.73. The highest BCUT2D eigenvalue weighted by molar-refractivity contribution is 6.40. The second-order valence-corrected chi connectivity index (χ2v) is 4.11. The minimum absolute atomic E-state index is 0.0410. The zero-order chi connectivity index (χ0) is 13.3. The number of hydrogen-bond acceptors (Lipinski definition) is 5. The number of nitrogens with zero attached hydrogens (tertiary/aromatic N) is 2. The average Bonchev–Trinajstić information content (AvgIpc) is 2.58. The first-order chi connectivity index (χ1) is 8.49. The number of amides is 4. The summed E-state index contributed by atoms with van der Waals surface area (Å²) in [7, 11) is 1.37. The third-order valence-corrected chi connectivity index (χ3v) is 2.85. The molecule has 1 atom stereocenters. The van der Waals surface area contributed by atoms with Crippen molar-refractivity contribution in [3.05, 3.63) is 0 Å². The minimum atomic E-state index is -0.838. The highest BCUT2D eigenvalue weighted by Gasteiger charge is 2.37. The van der Waals surface area contributed by atoms with Gasteiger partial charge in [-0.15, -0.1) is 0 Å². The van der Waals surface area contributed by atoms with Crippen molar-refractivity contribution < 1.29 is 19.2 Å². The number of likely N-dealkylation sites (tertiary alicyclic amines) is 1. The molecule has 0 spiro atoms. The van der Waals surface area contributed by atoms with Gasteiger partial charge in [-0.25, -0.2) is 5.43 Å². The van der Waals surface area contributed by atoms with Gasteiger partial charge in [0.15, 0.2) is 0 Å². The smallest absolute Gasteiger partial charge is 0.268 e. The highest BCUT2D eigenvalue weighted by atomic mass is 16.2. The van der Waals surface area contributed by atoms with Gasteiger partial charge in [-0.05, 0) is 0 Å². The van der Waals surface area contributed by atoms with Crippen LogP contribution < -0.4 is 10.7 Å². The molecule has 96 valence electrons.